The van der Waals surface area contributed by atoms with E-state index < -0.39 is 0 Å². The van der Waals surface area contributed by atoms with E-state index in [1.165, 1.54) is 10.6 Å². The lowest BCUT2D eigenvalue weighted by Crippen LogP contribution is -2.01. The summed E-state index contributed by atoms with van der Waals surface area (Å²) in [5.74, 6) is 0. The number of rotatable bonds is 4. The molecular formula is C13H15BrN2S. The Labute approximate surface area is 114 Å². The topological polar surface area (TPSA) is 24.9 Å². The number of aromatic nitrogens is 1. The molecule has 0 spiro atoms. The van der Waals surface area contributed by atoms with Crippen molar-refractivity contribution in [2.75, 3.05) is 5.32 Å². The summed E-state index contributed by atoms with van der Waals surface area (Å²) in [5.41, 5.74) is 3.47. The predicted octanol–water partition coefficient (Wildman–Crippen LogP) is 4.39. The fraction of sp³-hybridized carbons (Fsp3) is 0.308. The number of thiazole rings is 1. The first kappa shape index (κ1) is 12.6. The fourth-order valence-corrected chi connectivity index (χ4v) is 2.71. The summed E-state index contributed by atoms with van der Waals surface area (Å²) in [5, 5.41) is 6.72. The Morgan fingerprint density at radius 1 is 1.41 bits per heavy atom. The van der Waals surface area contributed by atoms with Crippen molar-refractivity contribution < 1.29 is 0 Å². The van der Waals surface area contributed by atoms with Gasteiger partial charge in [-0.3, -0.25) is 0 Å². The van der Waals surface area contributed by atoms with Crippen LogP contribution < -0.4 is 5.32 Å². The highest BCUT2D eigenvalue weighted by Gasteiger charge is 2.03. The average Bonchev–Trinajstić information content (AvgIpc) is 2.79. The van der Waals surface area contributed by atoms with E-state index in [1.807, 2.05) is 0 Å². The first-order valence-electron chi connectivity index (χ1n) is 5.63. The molecule has 1 N–H and O–H groups in total. The fourth-order valence-electron chi connectivity index (χ4n) is 1.56. The summed E-state index contributed by atoms with van der Waals surface area (Å²) in [7, 11) is 0. The normalized spacial score (nSPS) is 10.5. The number of hydrogen-bond acceptors (Lipinski definition) is 3. The van der Waals surface area contributed by atoms with Gasteiger partial charge in [-0.2, -0.15) is 0 Å². The van der Waals surface area contributed by atoms with Crippen LogP contribution in [0, 0.1) is 6.92 Å². The Morgan fingerprint density at radius 2 is 2.24 bits per heavy atom. The van der Waals surface area contributed by atoms with Crippen LogP contribution in [0.25, 0.3) is 0 Å². The number of benzene rings is 1. The highest BCUT2D eigenvalue weighted by atomic mass is 79.9. The first-order valence-corrected chi connectivity index (χ1v) is 7.30. The molecule has 0 saturated carbocycles. The molecule has 2 rings (SSSR count). The van der Waals surface area contributed by atoms with Gasteiger partial charge in [0.2, 0.25) is 0 Å². The van der Waals surface area contributed by atoms with Gasteiger partial charge in [-0.25, -0.2) is 4.98 Å². The summed E-state index contributed by atoms with van der Waals surface area (Å²) in [6.45, 7) is 5.00. The molecule has 1 heterocycles. The van der Waals surface area contributed by atoms with E-state index in [0.717, 1.165) is 28.8 Å². The lowest BCUT2D eigenvalue weighted by Gasteiger charge is -2.08. The van der Waals surface area contributed by atoms with Crippen molar-refractivity contribution in [1.82, 2.24) is 4.98 Å². The summed E-state index contributed by atoms with van der Waals surface area (Å²) >= 11 is 5.32. The van der Waals surface area contributed by atoms with E-state index in [2.05, 4.69) is 63.7 Å². The van der Waals surface area contributed by atoms with Gasteiger partial charge >= 0.3 is 0 Å². The molecule has 1 aromatic heterocycles. The maximum atomic E-state index is 4.54. The van der Waals surface area contributed by atoms with Gasteiger partial charge in [-0.05, 0) is 40.9 Å². The van der Waals surface area contributed by atoms with Gasteiger partial charge in [0, 0.05) is 15.5 Å². The Kier molecular flexibility index (Phi) is 4.18. The van der Waals surface area contributed by atoms with Crippen LogP contribution in [0.4, 0.5) is 5.69 Å². The van der Waals surface area contributed by atoms with Crippen LogP contribution in [0.3, 0.4) is 0 Å². The second-order valence-electron chi connectivity index (χ2n) is 3.88. The summed E-state index contributed by atoms with van der Waals surface area (Å²) in [4.78, 5) is 4.54. The molecule has 4 heteroatoms. The standard InChI is InChI=1S/C13H15BrN2S/c1-3-12-16-10(8-17-12)7-15-11-6-4-5-9(2)13(11)14/h4-6,8,15H,3,7H2,1-2H3. The molecule has 0 fully saturated rings. The molecule has 0 unspecified atom stereocenters. The van der Waals surface area contributed by atoms with E-state index in [9.17, 15) is 0 Å². The van der Waals surface area contributed by atoms with Crippen LogP contribution in [-0.2, 0) is 13.0 Å². The average molecular weight is 311 g/mol. The largest absolute Gasteiger partial charge is 0.378 e. The van der Waals surface area contributed by atoms with Crippen molar-refractivity contribution >= 4 is 33.0 Å². The Balaban J connectivity index is 2.04. The zero-order valence-corrected chi connectivity index (χ0v) is 12.4. The molecule has 0 aliphatic heterocycles. The lowest BCUT2D eigenvalue weighted by atomic mass is 10.2. The minimum absolute atomic E-state index is 0.776. The molecule has 2 nitrogen and oxygen atoms in total. The van der Waals surface area contributed by atoms with E-state index in [4.69, 9.17) is 0 Å². The molecule has 90 valence electrons. The third-order valence-corrected chi connectivity index (χ3v) is 4.65. The zero-order chi connectivity index (χ0) is 12.3. The van der Waals surface area contributed by atoms with Gasteiger partial charge in [-0.15, -0.1) is 11.3 Å². The molecule has 0 saturated heterocycles. The molecule has 0 amide bonds. The zero-order valence-electron chi connectivity index (χ0n) is 9.96. The van der Waals surface area contributed by atoms with Gasteiger partial charge in [-0.1, -0.05) is 19.1 Å². The maximum Gasteiger partial charge on any atom is 0.0926 e. The number of hydrogen-bond donors (Lipinski definition) is 1. The van der Waals surface area contributed by atoms with Crippen LogP contribution in [-0.4, -0.2) is 4.98 Å². The quantitative estimate of drug-likeness (QED) is 0.906. The van der Waals surface area contributed by atoms with Crippen LogP contribution in [0.15, 0.2) is 28.1 Å². The SMILES string of the molecule is CCc1nc(CNc2cccc(C)c2Br)cs1. The summed E-state index contributed by atoms with van der Waals surface area (Å²) in [6, 6.07) is 6.22. The molecule has 1 aromatic carbocycles. The molecule has 0 radical (unpaired) electrons. The third kappa shape index (κ3) is 3.07. The van der Waals surface area contributed by atoms with Crippen molar-refractivity contribution in [3.63, 3.8) is 0 Å². The monoisotopic (exact) mass is 310 g/mol. The third-order valence-electron chi connectivity index (χ3n) is 2.55. The predicted molar refractivity (Wildman–Crippen MR) is 77.7 cm³/mol. The number of aryl methyl sites for hydroxylation is 2. The number of nitrogens with zero attached hydrogens (tertiary/aromatic N) is 1. The number of halogens is 1. The highest BCUT2D eigenvalue weighted by molar-refractivity contribution is 9.10. The molecule has 0 atom stereocenters. The second kappa shape index (κ2) is 5.65. The molecular weight excluding hydrogens is 296 g/mol. The van der Waals surface area contributed by atoms with Crippen molar-refractivity contribution in [2.45, 2.75) is 26.8 Å². The molecule has 0 aliphatic rings. The van der Waals surface area contributed by atoms with Gasteiger partial charge in [0.1, 0.15) is 0 Å². The first-order chi connectivity index (χ1) is 8.20. The van der Waals surface area contributed by atoms with E-state index >= 15 is 0 Å². The van der Waals surface area contributed by atoms with Crippen LogP contribution in [0.5, 0.6) is 0 Å². The minimum atomic E-state index is 0.776. The van der Waals surface area contributed by atoms with Crippen molar-refractivity contribution in [3.05, 3.63) is 44.3 Å². The maximum absolute atomic E-state index is 4.54. The second-order valence-corrected chi connectivity index (χ2v) is 5.61. The Bertz CT molecular complexity index is 508. The molecule has 0 aliphatic carbocycles. The summed E-state index contributed by atoms with van der Waals surface area (Å²) in [6.07, 6.45) is 1.01. The minimum Gasteiger partial charge on any atom is -0.378 e. The number of nitrogens with one attached hydrogen (secondary N) is 1. The van der Waals surface area contributed by atoms with Gasteiger partial charge in [0.05, 0.1) is 17.2 Å². The van der Waals surface area contributed by atoms with E-state index in [-0.39, 0.29) is 0 Å². The van der Waals surface area contributed by atoms with Crippen LogP contribution in [0.2, 0.25) is 0 Å². The van der Waals surface area contributed by atoms with Gasteiger partial charge in [0.25, 0.3) is 0 Å². The molecule has 2 aromatic rings. The number of anilines is 1. The van der Waals surface area contributed by atoms with Crippen molar-refractivity contribution in [2.24, 2.45) is 0 Å². The molecule has 0 bridgehead atoms. The highest BCUT2D eigenvalue weighted by Crippen LogP contribution is 2.26. The van der Waals surface area contributed by atoms with E-state index in [1.54, 1.807) is 11.3 Å². The van der Waals surface area contributed by atoms with Gasteiger partial charge in [0.15, 0.2) is 0 Å². The summed E-state index contributed by atoms with van der Waals surface area (Å²) < 4.78 is 1.13. The van der Waals surface area contributed by atoms with Crippen LogP contribution >= 0.6 is 27.3 Å². The van der Waals surface area contributed by atoms with Crippen molar-refractivity contribution in [3.8, 4) is 0 Å². The Morgan fingerprint density at radius 3 is 2.94 bits per heavy atom. The smallest absolute Gasteiger partial charge is 0.0926 e. The van der Waals surface area contributed by atoms with Gasteiger partial charge < -0.3 is 5.32 Å². The Hall–Kier alpha value is -0.870. The van der Waals surface area contributed by atoms with Crippen molar-refractivity contribution in [1.29, 1.82) is 0 Å². The van der Waals surface area contributed by atoms with E-state index in [0.29, 0.717) is 0 Å². The molecule has 17 heavy (non-hydrogen) atoms. The lowest BCUT2D eigenvalue weighted by molar-refractivity contribution is 1.01. The van der Waals surface area contributed by atoms with Crippen LogP contribution in [0.1, 0.15) is 23.2 Å².